The van der Waals surface area contributed by atoms with Crippen molar-refractivity contribution in [3.8, 4) is 0 Å². The van der Waals surface area contributed by atoms with E-state index in [4.69, 9.17) is 14.6 Å². The summed E-state index contributed by atoms with van der Waals surface area (Å²) in [5.41, 5.74) is 2.72. The summed E-state index contributed by atoms with van der Waals surface area (Å²) in [6.45, 7) is 8.07. The molecule has 25 heavy (non-hydrogen) atoms. The molecule has 5 nitrogen and oxygen atoms in total. The first-order chi connectivity index (χ1) is 12.0. The third-order valence-corrected chi connectivity index (χ3v) is 4.17. The molecule has 0 radical (unpaired) electrons. The van der Waals surface area contributed by atoms with Crippen LogP contribution in [0.1, 0.15) is 52.4 Å². The molecule has 5 heteroatoms. The van der Waals surface area contributed by atoms with Gasteiger partial charge in [0.15, 0.2) is 0 Å². The van der Waals surface area contributed by atoms with Crippen LogP contribution in [0.2, 0.25) is 0 Å². The van der Waals surface area contributed by atoms with E-state index in [1.807, 2.05) is 6.92 Å². The maximum Gasteiger partial charge on any atom is 0.330 e. The minimum absolute atomic E-state index is 0.0824. The first-order valence-corrected chi connectivity index (χ1v) is 8.98. The van der Waals surface area contributed by atoms with Crippen LogP contribution in [0.25, 0.3) is 0 Å². The summed E-state index contributed by atoms with van der Waals surface area (Å²) in [6, 6.07) is 0. The lowest BCUT2D eigenvalue weighted by molar-refractivity contribution is -0.147. The molecule has 0 amide bonds. The lowest BCUT2D eigenvalue weighted by Gasteiger charge is -2.19. The van der Waals surface area contributed by atoms with Gasteiger partial charge in [-0.2, -0.15) is 0 Å². The topological polar surface area (TPSA) is 72.8 Å². The van der Waals surface area contributed by atoms with E-state index < -0.39 is 5.97 Å². The quantitative estimate of drug-likeness (QED) is 0.309. The summed E-state index contributed by atoms with van der Waals surface area (Å²) in [5, 5.41) is 7.89. The number of carbonyl (C=O) groups excluding carboxylic acids is 1. The molecule has 0 atom stereocenters. The molecule has 0 fully saturated rings. The fourth-order valence-corrected chi connectivity index (χ4v) is 2.89. The number of aliphatic carboxylic acids is 1. The van der Waals surface area contributed by atoms with Gasteiger partial charge in [-0.15, -0.1) is 0 Å². The second-order valence-electron chi connectivity index (χ2n) is 6.23. The van der Waals surface area contributed by atoms with E-state index in [0.29, 0.717) is 19.8 Å². The summed E-state index contributed by atoms with van der Waals surface area (Å²) in [7, 11) is 0. The van der Waals surface area contributed by atoms with Crippen molar-refractivity contribution in [1.29, 1.82) is 0 Å². The Morgan fingerprint density at radius 3 is 2.04 bits per heavy atom. The average Bonchev–Trinajstić information content (AvgIpc) is 3.27. The number of carboxylic acids is 1. The minimum Gasteiger partial charge on any atom is -0.478 e. The van der Waals surface area contributed by atoms with Gasteiger partial charge < -0.3 is 14.6 Å². The van der Waals surface area contributed by atoms with Gasteiger partial charge in [0.25, 0.3) is 0 Å². The zero-order chi connectivity index (χ0) is 18.7. The SMILES string of the molecule is C=C(C)C(=O)O.CCOCCOC(=O)C(C1=CCCC1)C1=CCCC1. The van der Waals surface area contributed by atoms with Crippen LogP contribution in [0.3, 0.4) is 0 Å². The van der Waals surface area contributed by atoms with Crippen LogP contribution in [0, 0.1) is 5.92 Å². The predicted octanol–water partition coefficient (Wildman–Crippen LogP) is 4.05. The molecule has 0 spiro atoms. The molecule has 0 heterocycles. The van der Waals surface area contributed by atoms with Crippen LogP contribution in [0.5, 0.6) is 0 Å². The molecule has 2 aliphatic carbocycles. The van der Waals surface area contributed by atoms with Crippen molar-refractivity contribution >= 4 is 11.9 Å². The van der Waals surface area contributed by atoms with Gasteiger partial charge in [0.05, 0.1) is 12.5 Å². The Kier molecular flexibility index (Phi) is 9.85. The van der Waals surface area contributed by atoms with E-state index in [2.05, 4.69) is 18.7 Å². The van der Waals surface area contributed by atoms with Gasteiger partial charge in [-0.3, -0.25) is 4.79 Å². The predicted molar refractivity (Wildman–Crippen MR) is 97.3 cm³/mol. The van der Waals surface area contributed by atoms with E-state index in [-0.39, 0.29) is 17.5 Å². The number of hydrogen-bond acceptors (Lipinski definition) is 4. The average molecular weight is 350 g/mol. The van der Waals surface area contributed by atoms with Gasteiger partial charge in [-0.25, -0.2) is 4.79 Å². The molecule has 0 aliphatic heterocycles. The molecule has 2 rings (SSSR count). The van der Waals surface area contributed by atoms with Crippen LogP contribution in [0.4, 0.5) is 0 Å². The van der Waals surface area contributed by atoms with E-state index in [0.717, 1.165) is 25.7 Å². The second kappa shape index (κ2) is 11.6. The zero-order valence-corrected chi connectivity index (χ0v) is 15.4. The summed E-state index contributed by atoms with van der Waals surface area (Å²) in [4.78, 5) is 21.9. The standard InChI is InChI=1S/C16H24O3.C4H6O2/c1-2-18-11-12-19-16(17)15(13-7-3-4-8-13)14-9-5-6-10-14;1-3(2)4(5)6/h7,9,15H,2-6,8,10-12H2,1H3;1H2,2H3,(H,5,6). The van der Waals surface area contributed by atoms with E-state index >= 15 is 0 Å². The maximum atomic E-state index is 12.3. The van der Waals surface area contributed by atoms with Gasteiger partial charge in [0, 0.05) is 12.2 Å². The van der Waals surface area contributed by atoms with Gasteiger partial charge in [-0.05, 0) is 52.4 Å². The number of hydrogen-bond donors (Lipinski definition) is 1. The molecule has 140 valence electrons. The fraction of sp³-hybridized carbons (Fsp3) is 0.600. The van der Waals surface area contributed by atoms with Gasteiger partial charge in [0.2, 0.25) is 0 Å². The van der Waals surface area contributed by atoms with Gasteiger partial charge in [-0.1, -0.05) is 29.9 Å². The van der Waals surface area contributed by atoms with Crippen LogP contribution < -0.4 is 0 Å². The highest BCUT2D eigenvalue weighted by atomic mass is 16.6. The Morgan fingerprint density at radius 2 is 1.68 bits per heavy atom. The number of carboxylic acid groups (broad SMARTS) is 1. The van der Waals surface area contributed by atoms with Crippen LogP contribution >= 0.6 is 0 Å². The molecule has 0 aromatic heterocycles. The molecule has 0 saturated heterocycles. The number of ether oxygens (including phenoxy) is 2. The Labute approximate surface area is 150 Å². The van der Waals surface area contributed by atoms with E-state index in [1.54, 1.807) is 0 Å². The molecular formula is C20H30O5. The molecule has 0 aromatic rings. The number of carbonyl (C=O) groups is 2. The van der Waals surface area contributed by atoms with E-state index in [1.165, 1.54) is 30.9 Å². The summed E-state index contributed by atoms with van der Waals surface area (Å²) in [5.74, 6) is -1.12. The lowest BCUT2D eigenvalue weighted by atomic mass is 9.90. The second-order valence-corrected chi connectivity index (χ2v) is 6.23. The third-order valence-electron chi connectivity index (χ3n) is 4.17. The zero-order valence-electron chi connectivity index (χ0n) is 15.4. The molecular weight excluding hydrogens is 320 g/mol. The minimum atomic E-state index is -0.935. The summed E-state index contributed by atoms with van der Waals surface area (Å²) in [6.07, 6.45) is 11.1. The van der Waals surface area contributed by atoms with Crippen molar-refractivity contribution in [2.24, 2.45) is 5.92 Å². The van der Waals surface area contributed by atoms with Crippen molar-refractivity contribution in [3.63, 3.8) is 0 Å². The molecule has 0 bridgehead atoms. The first-order valence-electron chi connectivity index (χ1n) is 8.98. The highest BCUT2D eigenvalue weighted by Gasteiger charge is 2.30. The van der Waals surface area contributed by atoms with Crippen molar-refractivity contribution in [3.05, 3.63) is 35.5 Å². The Hall–Kier alpha value is -1.88. The Morgan fingerprint density at radius 1 is 1.16 bits per heavy atom. The van der Waals surface area contributed by atoms with E-state index in [9.17, 15) is 9.59 Å². The molecule has 1 N–H and O–H groups in total. The maximum absolute atomic E-state index is 12.3. The number of rotatable bonds is 8. The molecule has 0 saturated carbocycles. The fourth-order valence-electron chi connectivity index (χ4n) is 2.89. The number of esters is 1. The Bertz CT molecular complexity index is 494. The monoisotopic (exact) mass is 350 g/mol. The lowest BCUT2D eigenvalue weighted by Crippen LogP contribution is -2.22. The molecule has 0 aromatic carbocycles. The highest BCUT2D eigenvalue weighted by molar-refractivity contribution is 5.84. The highest BCUT2D eigenvalue weighted by Crippen LogP contribution is 2.35. The summed E-state index contributed by atoms with van der Waals surface area (Å²) < 4.78 is 10.6. The number of allylic oxidation sites excluding steroid dienone is 2. The van der Waals surface area contributed by atoms with Crippen molar-refractivity contribution in [2.45, 2.75) is 52.4 Å². The molecule has 0 unspecified atom stereocenters. The van der Waals surface area contributed by atoms with Crippen LogP contribution in [0.15, 0.2) is 35.5 Å². The normalized spacial score (nSPS) is 16.0. The largest absolute Gasteiger partial charge is 0.478 e. The first kappa shape index (κ1) is 21.2. The van der Waals surface area contributed by atoms with Crippen molar-refractivity contribution < 1.29 is 24.2 Å². The Balaban J connectivity index is 0.000000450. The third kappa shape index (κ3) is 7.69. The van der Waals surface area contributed by atoms with Crippen LogP contribution in [-0.2, 0) is 19.1 Å². The molecule has 2 aliphatic rings. The van der Waals surface area contributed by atoms with Crippen molar-refractivity contribution in [1.82, 2.24) is 0 Å². The smallest absolute Gasteiger partial charge is 0.330 e. The van der Waals surface area contributed by atoms with Crippen molar-refractivity contribution in [2.75, 3.05) is 19.8 Å². The summed E-state index contributed by atoms with van der Waals surface area (Å²) >= 11 is 0. The van der Waals surface area contributed by atoms with Crippen LogP contribution in [-0.4, -0.2) is 36.9 Å². The van der Waals surface area contributed by atoms with Gasteiger partial charge >= 0.3 is 11.9 Å². The van der Waals surface area contributed by atoms with Gasteiger partial charge in [0.1, 0.15) is 6.61 Å².